The van der Waals surface area contributed by atoms with Crippen molar-refractivity contribution in [1.29, 1.82) is 0 Å². The maximum Gasteiger partial charge on any atom is 0.315 e. The Morgan fingerprint density at radius 3 is 2.52 bits per heavy atom. The van der Waals surface area contributed by atoms with Gasteiger partial charge in [-0.05, 0) is 37.7 Å². The second-order valence-corrected chi connectivity index (χ2v) is 7.29. The molecule has 0 saturated heterocycles. The fourth-order valence-corrected chi connectivity index (χ4v) is 3.65. The van der Waals surface area contributed by atoms with Crippen LogP contribution in [-0.4, -0.2) is 40.2 Å². The van der Waals surface area contributed by atoms with E-state index >= 15 is 0 Å². The second-order valence-electron chi connectivity index (χ2n) is 5.90. The molecule has 1 saturated carbocycles. The van der Waals surface area contributed by atoms with E-state index in [2.05, 4.69) is 17.6 Å². The minimum Gasteiger partial charge on any atom is -0.481 e. The van der Waals surface area contributed by atoms with Crippen LogP contribution >= 0.6 is 11.8 Å². The van der Waals surface area contributed by atoms with Gasteiger partial charge in [0.25, 0.3) is 0 Å². The molecule has 0 aromatic heterocycles. The summed E-state index contributed by atoms with van der Waals surface area (Å²) in [5, 5.41) is 15.0. The van der Waals surface area contributed by atoms with E-state index in [-0.39, 0.29) is 18.5 Å². The zero-order chi connectivity index (χ0) is 15.7. The van der Waals surface area contributed by atoms with Crippen molar-refractivity contribution in [3.8, 4) is 0 Å². The molecule has 1 fully saturated rings. The fourth-order valence-electron chi connectivity index (χ4n) is 2.84. The third-order valence-electron chi connectivity index (χ3n) is 3.96. The SMILES string of the molecule is CCSCCC(C)NC(=O)NC1(CC(=O)O)CCCCC1. The Morgan fingerprint density at radius 1 is 1.29 bits per heavy atom. The van der Waals surface area contributed by atoms with Crippen LogP contribution in [0.2, 0.25) is 0 Å². The molecule has 1 atom stereocenters. The molecule has 21 heavy (non-hydrogen) atoms. The Kier molecular flexibility index (Phi) is 7.93. The molecule has 2 amide bonds. The Balaban J connectivity index is 2.46. The number of carboxylic acids is 1. The first kappa shape index (κ1) is 18.1. The first-order valence-corrected chi connectivity index (χ1v) is 9.01. The van der Waals surface area contributed by atoms with Crippen LogP contribution in [0.1, 0.15) is 58.8 Å². The molecule has 122 valence electrons. The third kappa shape index (κ3) is 7.07. The van der Waals surface area contributed by atoms with Gasteiger partial charge in [-0.3, -0.25) is 4.79 Å². The molecule has 0 aliphatic heterocycles. The molecule has 5 nitrogen and oxygen atoms in total. The zero-order valence-electron chi connectivity index (χ0n) is 13.1. The number of urea groups is 1. The van der Waals surface area contributed by atoms with Crippen LogP contribution in [0.3, 0.4) is 0 Å². The number of hydrogen-bond donors (Lipinski definition) is 3. The summed E-state index contributed by atoms with van der Waals surface area (Å²) in [5.74, 6) is 1.27. The van der Waals surface area contributed by atoms with Crippen LogP contribution in [0.4, 0.5) is 4.79 Å². The van der Waals surface area contributed by atoms with Gasteiger partial charge in [0.2, 0.25) is 0 Å². The molecular weight excluding hydrogens is 288 g/mol. The van der Waals surface area contributed by atoms with E-state index in [4.69, 9.17) is 5.11 Å². The van der Waals surface area contributed by atoms with Gasteiger partial charge in [-0.25, -0.2) is 4.79 Å². The van der Waals surface area contributed by atoms with Gasteiger partial charge in [0.15, 0.2) is 0 Å². The molecule has 1 unspecified atom stereocenters. The summed E-state index contributed by atoms with van der Waals surface area (Å²) in [4.78, 5) is 23.2. The lowest BCUT2D eigenvalue weighted by Gasteiger charge is -2.37. The molecule has 0 bridgehead atoms. The van der Waals surface area contributed by atoms with Gasteiger partial charge in [-0.1, -0.05) is 26.2 Å². The number of rotatable bonds is 8. The van der Waals surface area contributed by atoms with E-state index in [9.17, 15) is 9.59 Å². The number of carbonyl (C=O) groups is 2. The lowest BCUT2D eigenvalue weighted by molar-refractivity contribution is -0.139. The summed E-state index contributed by atoms with van der Waals surface area (Å²) in [5.41, 5.74) is -0.563. The summed E-state index contributed by atoms with van der Waals surface area (Å²) in [6.45, 7) is 4.11. The quantitative estimate of drug-likeness (QED) is 0.602. The average molecular weight is 316 g/mol. The average Bonchev–Trinajstić information content (AvgIpc) is 2.38. The summed E-state index contributed by atoms with van der Waals surface area (Å²) in [6, 6.07) is -0.123. The number of carboxylic acid groups (broad SMARTS) is 1. The predicted octanol–water partition coefficient (Wildman–Crippen LogP) is 2.99. The largest absolute Gasteiger partial charge is 0.481 e. The summed E-state index contributed by atoms with van der Waals surface area (Å²) < 4.78 is 0. The molecule has 0 aromatic rings. The van der Waals surface area contributed by atoms with Crippen molar-refractivity contribution in [2.45, 2.75) is 70.4 Å². The first-order chi connectivity index (χ1) is 9.97. The second kappa shape index (κ2) is 9.18. The topological polar surface area (TPSA) is 78.4 Å². The highest BCUT2D eigenvalue weighted by molar-refractivity contribution is 7.99. The number of aliphatic carboxylic acids is 1. The summed E-state index contributed by atoms with van der Waals surface area (Å²) in [7, 11) is 0. The van der Waals surface area contributed by atoms with E-state index in [1.807, 2.05) is 18.7 Å². The van der Waals surface area contributed by atoms with E-state index < -0.39 is 11.5 Å². The highest BCUT2D eigenvalue weighted by atomic mass is 32.2. The van der Waals surface area contributed by atoms with Crippen molar-refractivity contribution in [3.05, 3.63) is 0 Å². The van der Waals surface area contributed by atoms with Crippen LogP contribution < -0.4 is 10.6 Å². The highest BCUT2D eigenvalue weighted by Gasteiger charge is 2.35. The summed E-state index contributed by atoms with van der Waals surface area (Å²) in [6.07, 6.45) is 5.54. The van der Waals surface area contributed by atoms with Crippen LogP contribution in [0.25, 0.3) is 0 Å². The van der Waals surface area contributed by atoms with E-state index in [0.717, 1.165) is 50.0 Å². The van der Waals surface area contributed by atoms with Crippen molar-refractivity contribution in [1.82, 2.24) is 10.6 Å². The minimum absolute atomic E-state index is 0.0144. The van der Waals surface area contributed by atoms with Crippen molar-refractivity contribution >= 4 is 23.8 Å². The molecule has 0 spiro atoms. The van der Waals surface area contributed by atoms with Gasteiger partial charge in [-0.15, -0.1) is 0 Å². The lowest BCUT2D eigenvalue weighted by atomic mass is 9.79. The number of carbonyl (C=O) groups excluding carboxylic acids is 1. The van der Waals surface area contributed by atoms with Crippen molar-refractivity contribution in [2.24, 2.45) is 0 Å². The minimum atomic E-state index is -0.843. The van der Waals surface area contributed by atoms with Crippen molar-refractivity contribution in [3.63, 3.8) is 0 Å². The molecule has 0 aromatic carbocycles. The van der Waals surface area contributed by atoms with Crippen molar-refractivity contribution < 1.29 is 14.7 Å². The van der Waals surface area contributed by atoms with Gasteiger partial charge in [0.1, 0.15) is 0 Å². The number of thioether (sulfide) groups is 1. The zero-order valence-corrected chi connectivity index (χ0v) is 13.9. The van der Waals surface area contributed by atoms with Crippen molar-refractivity contribution in [2.75, 3.05) is 11.5 Å². The maximum absolute atomic E-state index is 12.1. The molecule has 0 heterocycles. The fraction of sp³-hybridized carbons (Fsp3) is 0.867. The molecule has 1 aliphatic rings. The van der Waals surface area contributed by atoms with Crippen LogP contribution in [0.5, 0.6) is 0 Å². The Labute approximate surface area is 131 Å². The molecule has 3 N–H and O–H groups in total. The van der Waals surface area contributed by atoms with E-state index in [1.54, 1.807) is 0 Å². The molecule has 0 radical (unpaired) electrons. The van der Waals surface area contributed by atoms with Gasteiger partial charge in [0.05, 0.1) is 12.0 Å². The molecule has 1 aliphatic carbocycles. The predicted molar refractivity (Wildman–Crippen MR) is 86.8 cm³/mol. The van der Waals surface area contributed by atoms with Crippen LogP contribution in [0, 0.1) is 0 Å². The highest BCUT2D eigenvalue weighted by Crippen LogP contribution is 2.31. The summed E-state index contributed by atoms with van der Waals surface area (Å²) >= 11 is 1.86. The number of nitrogens with one attached hydrogen (secondary N) is 2. The molecular formula is C15H28N2O3S. The number of amides is 2. The monoisotopic (exact) mass is 316 g/mol. The van der Waals surface area contributed by atoms with Gasteiger partial charge in [0, 0.05) is 6.04 Å². The smallest absolute Gasteiger partial charge is 0.315 e. The van der Waals surface area contributed by atoms with Gasteiger partial charge >= 0.3 is 12.0 Å². The van der Waals surface area contributed by atoms with E-state index in [1.165, 1.54) is 0 Å². The number of hydrogen-bond acceptors (Lipinski definition) is 3. The van der Waals surface area contributed by atoms with E-state index in [0.29, 0.717) is 0 Å². The first-order valence-electron chi connectivity index (χ1n) is 7.85. The Bertz CT molecular complexity index is 344. The van der Waals surface area contributed by atoms with Crippen LogP contribution in [0.15, 0.2) is 0 Å². The lowest BCUT2D eigenvalue weighted by Crippen LogP contribution is -2.55. The molecule has 1 rings (SSSR count). The standard InChI is InChI=1S/C15H28N2O3S/c1-3-21-10-7-12(2)16-14(20)17-15(11-13(18)19)8-5-4-6-9-15/h12H,3-11H2,1-2H3,(H,18,19)(H2,16,17,20). The maximum atomic E-state index is 12.1. The van der Waals surface area contributed by atoms with Gasteiger partial charge < -0.3 is 15.7 Å². The van der Waals surface area contributed by atoms with Gasteiger partial charge in [-0.2, -0.15) is 11.8 Å². The Hall–Kier alpha value is -0.910. The Morgan fingerprint density at radius 2 is 1.95 bits per heavy atom. The third-order valence-corrected chi connectivity index (χ3v) is 4.89. The molecule has 6 heteroatoms. The normalized spacial score (nSPS) is 18.8. The van der Waals surface area contributed by atoms with Crippen LogP contribution in [-0.2, 0) is 4.79 Å².